The standard InChI is InChI=1S/C22H25N7O.FH/c1-4-16-7-8-27(12-16)21-5-6-22(25-24-21)29-13-19-15(2)28(14-20(19)26-29)17-9-18(30-3)11-23-10-17;/h5-6,9-11,13,16H,2,4,7-8,12,14H2,1,3H3;1H. The lowest BCUT2D eigenvalue weighted by Crippen LogP contribution is -2.21. The predicted octanol–water partition coefficient (Wildman–Crippen LogP) is 3.45. The molecule has 0 N–H and O–H groups in total. The number of anilines is 2. The van der Waals surface area contributed by atoms with Crippen LogP contribution < -0.4 is 14.5 Å². The number of hydrogen-bond donors (Lipinski definition) is 0. The summed E-state index contributed by atoms with van der Waals surface area (Å²) in [6.07, 6.45) is 7.91. The number of methoxy groups -OCH3 is 1. The third kappa shape index (κ3) is 3.71. The summed E-state index contributed by atoms with van der Waals surface area (Å²) in [6.45, 7) is 9.26. The van der Waals surface area contributed by atoms with Crippen molar-refractivity contribution < 1.29 is 9.44 Å². The van der Waals surface area contributed by atoms with Crippen LogP contribution in [0.5, 0.6) is 5.75 Å². The number of aromatic nitrogens is 5. The van der Waals surface area contributed by atoms with Gasteiger partial charge >= 0.3 is 0 Å². The van der Waals surface area contributed by atoms with Crippen LogP contribution in [0.1, 0.15) is 31.0 Å². The number of nitrogens with zero attached hydrogens (tertiary/aromatic N) is 7. The normalized spacial score (nSPS) is 17.6. The molecule has 0 spiro atoms. The molecule has 0 aromatic carbocycles. The molecule has 0 saturated carbocycles. The van der Waals surface area contributed by atoms with Gasteiger partial charge in [-0.05, 0) is 24.5 Å². The first-order valence-electron chi connectivity index (χ1n) is 10.3. The molecule has 1 saturated heterocycles. The van der Waals surface area contributed by atoms with Crippen molar-refractivity contribution in [3.8, 4) is 11.6 Å². The molecule has 1 unspecified atom stereocenters. The van der Waals surface area contributed by atoms with Crippen LogP contribution in [-0.4, -0.2) is 45.2 Å². The van der Waals surface area contributed by atoms with Gasteiger partial charge in [0.25, 0.3) is 0 Å². The highest BCUT2D eigenvalue weighted by molar-refractivity contribution is 5.82. The SMILES string of the molecule is C=C1c2cn(-c3ccc(N4CCC(CC)C4)nn3)nc2CN1c1cncc(OC)c1.F. The molecule has 162 valence electrons. The van der Waals surface area contributed by atoms with Gasteiger partial charge in [-0.1, -0.05) is 19.9 Å². The zero-order valence-corrected chi connectivity index (χ0v) is 17.7. The number of ether oxygens (including phenoxy) is 1. The summed E-state index contributed by atoms with van der Waals surface area (Å²) in [5, 5.41) is 13.6. The third-order valence-corrected chi connectivity index (χ3v) is 6.04. The summed E-state index contributed by atoms with van der Waals surface area (Å²) in [5.41, 5.74) is 3.79. The fourth-order valence-electron chi connectivity index (χ4n) is 4.17. The lowest BCUT2D eigenvalue weighted by Gasteiger charge is -2.19. The van der Waals surface area contributed by atoms with Gasteiger partial charge in [0.2, 0.25) is 0 Å². The van der Waals surface area contributed by atoms with Crippen LogP contribution in [-0.2, 0) is 6.54 Å². The third-order valence-electron chi connectivity index (χ3n) is 6.04. The summed E-state index contributed by atoms with van der Waals surface area (Å²) < 4.78 is 7.07. The maximum Gasteiger partial charge on any atom is 0.175 e. The number of halogens is 1. The quantitative estimate of drug-likeness (QED) is 0.622. The van der Waals surface area contributed by atoms with Crippen LogP contribution in [0.25, 0.3) is 11.5 Å². The fraction of sp³-hybridized carbons (Fsp3) is 0.364. The van der Waals surface area contributed by atoms with Gasteiger partial charge in [0.1, 0.15) is 5.75 Å². The van der Waals surface area contributed by atoms with Gasteiger partial charge in [-0.3, -0.25) is 9.69 Å². The van der Waals surface area contributed by atoms with Crippen LogP contribution in [0.2, 0.25) is 0 Å². The van der Waals surface area contributed by atoms with Crippen molar-refractivity contribution in [3.63, 3.8) is 0 Å². The molecule has 2 aliphatic heterocycles. The molecule has 3 aromatic rings. The second-order valence-corrected chi connectivity index (χ2v) is 7.81. The molecule has 8 nitrogen and oxygen atoms in total. The van der Waals surface area contributed by atoms with Crippen molar-refractivity contribution in [2.75, 3.05) is 30.0 Å². The van der Waals surface area contributed by atoms with Crippen molar-refractivity contribution in [2.24, 2.45) is 5.92 Å². The Morgan fingerprint density at radius 1 is 1.19 bits per heavy atom. The lowest BCUT2D eigenvalue weighted by molar-refractivity contribution is 0.413. The number of fused-ring (bicyclic) bond motifs is 1. The maximum atomic E-state index is 5.29. The van der Waals surface area contributed by atoms with Crippen LogP contribution in [0, 0.1) is 5.92 Å². The van der Waals surface area contributed by atoms with Crippen LogP contribution in [0.3, 0.4) is 0 Å². The van der Waals surface area contributed by atoms with Gasteiger partial charge < -0.3 is 14.5 Å². The minimum Gasteiger partial charge on any atom is -0.495 e. The topological polar surface area (TPSA) is 72.2 Å². The van der Waals surface area contributed by atoms with E-state index in [1.165, 1.54) is 12.8 Å². The summed E-state index contributed by atoms with van der Waals surface area (Å²) in [5.74, 6) is 3.13. The van der Waals surface area contributed by atoms with E-state index in [9.17, 15) is 0 Å². The van der Waals surface area contributed by atoms with E-state index in [4.69, 9.17) is 9.84 Å². The monoisotopic (exact) mass is 423 g/mol. The zero-order valence-electron chi connectivity index (χ0n) is 17.7. The minimum absolute atomic E-state index is 0. The Morgan fingerprint density at radius 2 is 2.00 bits per heavy atom. The fourth-order valence-corrected chi connectivity index (χ4v) is 4.17. The first-order valence-corrected chi connectivity index (χ1v) is 10.3. The summed E-state index contributed by atoms with van der Waals surface area (Å²) in [6, 6.07) is 5.97. The Labute approximate surface area is 180 Å². The van der Waals surface area contributed by atoms with Crippen molar-refractivity contribution >= 4 is 17.2 Å². The Kier molecular flexibility index (Phi) is 5.58. The van der Waals surface area contributed by atoms with E-state index in [0.717, 1.165) is 47.5 Å². The van der Waals surface area contributed by atoms with Gasteiger partial charge in [-0.2, -0.15) is 5.10 Å². The summed E-state index contributed by atoms with van der Waals surface area (Å²) >= 11 is 0. The average Bonchev–Trinajstić information content (AvgIpc) is 3.50. The molecule has 31 heavy (non-hydrogen) atoms. The van der Waals surface area contributed by atoms with E-state index in [0.29, 0.717) is 18.1 Å². The van der Waals surface area contributed by atoms with Crippen LogP contribution in [0.15, 0.2) is 43.4 Å². The van der Waals surface area contributed by atoms with Gasteiger partial charge in [-0.15, -0.1) is 10.2 Å². The highest BCUT2D eigenvalue weighted by Crippen LogP contribution is 2.36. The highest BCUT2D eigenvalue weighted by Gasteiger charge is 2.28. The van der Waals surface area contributed by atoms with E-state index < -0.39 is 0 Å². The predicted molar refractivity (Wildman–Crippen MR) is 118 cm³/mol. The van der Waals surface area contributed by atoms with Crippen molar-refractivity contribution in [3.05, 3.63) is 54.6 Å². The molecule has 1 atom stereocenters. The Balaban J connectivity index is 0.00000231. The minimum atomic E-state index is 0. The van der Waals surface area contributed by atoms with E-state index in [2.05, 4.69) is 38.5 Å². The van der Waals surface area contributed by atoms with Gasteiger partial charge in [0, 0.05) is 36.6 Å². The smallest absolute Gasteiger partial charge is 0.175 e. The van der Waals surface area contributed by atoms with Crippen LogP contribution >= 0.6 is 0 Å². The van der Waals surface area contributed by atoms with E-state index in [1.54, 1.807) is 24.2 Å². The molecular weight excluding hydrogens is 397 g/mol. The molecule has 3 aromatic heterocycles. The maximum absolute atomic E-state index is 5.29. The summed E-state index contributed by atoms with van der Waals surface area (Å²) in [4.78, 5) is 8.64. The molecule has 0 amide bonds. The Bertz CT molecular complexity index is 1080. The first-order chi connectivity index (χ1) is 14.7. The Morgan fingerprint density at radius 3 is 2.68 bits per heavy atom. The van der Waals surface area contributed by atoms with E-state index in [-0.39, 0.29) is 4.70 Å². The van der Waals surface area contributed by atoms with Crippen molar-refractivity contribution in [2.45, 2.75) is 26.3 Å². The molecule has 5 rings (SSSR count). The number of pyridine rings is 1. The average molecular weight is 423 g/mol. The molecular formula is C22H26FN7O. The van der Waals surface area contributed by atoms with Crippen LogP contribution in [0.4, 0.5) is 16.2 Å². The van der Waals surface area contributed by atoms with Gasteiger partial charge in [0.15, 0.2) is 11.6 Å². The molecule has 2 aliphatic rings. The lowest BCUT2D eigenvalue weighted by atomic mass is 10.1. The highest BCUT2D eigenvalue weighted by atomic mass is 19.0. The zero-order chi connectivity index (χ0) is 20.7. The largest absolute Gasteiger partial charge is 0.495 e. The molecule has 0 radical (unpaired) electrons. The number of hydrogen-bond acceptors (Lipinski definition) is 7. The molecule has 0 aliphatic carbocycles. The second kappa shape index (κ2) is 8.33. The summed E-state index contributed by atoms with van der Waals surface area (Å²) in [7, 11) is 1.64. The molecule has 9 heteroatoms. The first kappa shape index (κ1) is 20.8. The van der Waals surface area contributed by atoms with Crippen molar-refractivity contribution in [1.29, 1.82) is 0 Å². The van der Waals surface area contributed by atoms with Gasteiger partial charge in [0.05, 0.1) is 37.4 Å². The molecule has 1 fully saturated rings. The van der Waals surface area contributed by atoms with E-state index in [1.807, 2.05) is 24.4 Å². The second-order valence-electron chi connectivity index (χ2n) is 7.81. The van der Waals surface area contributed by atoms with E-state index >= 15 is 0 Å². The molecule has 0 bridgehead atoms. The van der Waals surface area contributed by atoms with Crippen molar-refractivity contribution in [1.82, 2.24) is 25.0 Å². The number of rotatable bonds is 5. The Hall–Kier alpha value is -3.49. The molecule has 5 heterocycles. The van der Waals surface area contributed by atoms with Gasteiger partial charge in [-0.25, -0.2) is 4.68 Å².